The number of rotatable bonds is 10. The number of hydrogen-bond acceptors (Lipinski definition) is 4. The van der Waals surface area contributed by atoms with Crippen LogP contribution in [-0.2, 0) is 22.6 Å². The highest BCUT2D eigenvalue weighted by atomic mass is 127. The van der Waals surface area contributed by atoms with Crippen molar-refractivity contribution in [3.8, 4) is 0 Å². The van der Waals surface area contributed by atoms with Gasteiger partial charge in [-0.2, -0.15) is 0 Å². The number of halogens is 1. The van der Waals surface area contributed by atoms with Crippen molar-refractivity contribution in [3.63, 3.8) is 0 Å². The Hall–Kier alpha value is -0.900. The van der Waals surface area contributed by atoms with Gasteiger partial charge in [0.25, 0.3) is 0 Å². The van der Waals surface area contributed by atoms with Gasteiger partial charge in [-0.15, -0.1) is 24.0 Å². The maximum atomic E-state index is 5.62. The second kappa shape index (κ2) is 15.0. The minimum Gasteiger partial charge on any atom is -0.380 e. The Morgan fingerprint density at radius 3 is 2.43 bits per heavy atom. The molecule has 0 radical (unpaired) electrons. The van der Waals surface area contributed by atoms with Crippen molar-refractivity contribution >= 4 is 29.9 Å². The Kier molecular flexibility index (Phi) is 13.5. The zero-order chi connectivity index (χ0) is 19.3. The Balaban J connectivity index is 0.00000392. The van der Waals surface area contributed by atoms with Gasteiger partial charge in [0, 0.05) is 46.4 Å². The van der Waals surface area contributed by atoms with Gasteiger partial charge in [0.2, 0.25) is 0 Å². The molecule has 1 aliphatic heterocycles. The molecule has 2 N–H and O–H groups in total. The molecule has 2 rings (SSSR count). The molecule has 1 fully saturated rings. The first-order chi connectivity index (χ1) is 13.2. The van der Waals surface area contributed by atoms with Crippen molar-refractivity contribution < 1.29 is 9.47 Å². The summed E-state index contributed by atoms with van der Waals surface area (Å²) in [5.41, 5.74) is 2.60. The van der Waals surface area contributed by atoms with Crippen molar-refractivity contribution in [3.05, 3.63) is 35.4 Å². The summed E-state index contributed by atoms with van der Waals surface area (Å²) in [7, 11) is 1.79. The fourth-order valence-corrected chi connectivity index (χ4v) is 2.85. The van der Waals surface area contributed by atoms with E-state index < -0.39 is 0 Å². The van der Waals surface area contributed by atoms with E-state index in [9.17, 15) is 0 Å². The van der Waals surface area contributed by atoms with Crippen LogP contribution < -0.4 is 10.6 Å². The zero-order valence-electron chi connectivity index (χ0n) is 17.6. The predicted octanol–water partition coefficient (Wildman–Crippen LogP) is 2.86. The van der Waals surface area contributed by atoms with Gasteiger partial charge in [0.1, 0.15) is 0 Å². The van der Waals surface area contributed by atoms with E-state index >= 15 is 0 Å². The van der Waals surface area contributed by atoms with Crippen LogP contribution in [-0.4, -0.2) is 64.0 Å². The lowest BCUT2D eigenvalue weighted by Crippen LogP contribution is -2.38. The van der Waals surface area contributed by atoms with Gasteiger partial charge in [0.15, 0.2) is 5.96 Å². The molecule has 28 heavy (non-hydrogen) atoms. The first-order valence-electron chi connectivity index (χ1n) is 10.1. The Morgan fingerprint density at radius 1 is 1.11 bits per heavy atom. The largest absolute Gasteiger partial charge is 0.380 e. The molecule has 0 spiro atoms. The molecule has 1 heterocycles. The summed E-state index contributed by atoms with van der Waals surface area (Å²) < 4.78 is 11.0. The monoisotopic (exact) mass is 504 g/mol. The molecular formula is C21H37IN4O2. The van der Waals surface area contributed by atoms with Gasteiger partial charge >= 0.3 is 0 Å². The van der Waals surface area contributed by atoms with Crippen LogP contribution >= 0.6 is 24.0 Å². The SMILES string of the molecule is CN=C(NCCOCCC(C)C)NCc1ccc(CN2CCOCC2)cc1.I. The van der Waals surface area contributed by atoms with E-state index in [4.69, 9.17) is 9.47 Å². The second-order valence-corrected chi connectivity index (χ2v) is 7.35. The lowest BCUT2D eigenvalue weighted by molar-refractivity contribution is 0.0342. The highest BCUT2D eigenvalue weighted by molar-refractivity contribution is 14.0. The van der Waals surface area contributed by atoms with Crippen LogP contribution in [0.1, 0.15) is 31.4 Å². The van der Waals surface area contributed by atoms with E-state index in [-0.39, 0.29) is 24.0 Å². The molecular weight excluding hydrogens is 467 g/mol. The normalized spacial score (nSPS) is 15.4. The van der Waals surface area contributed by atoms with Crippen LogP contribution in [0.5, 0.6) is 0 Å². The van der Waals surface area contributed by atoms with Gasteiger partial charge in [-0.25, -0.2) is 0 Å². The number of morpholine rings is 1. The fraction of sp³-hybridized carbons (Fsp3) is 0.667. The number of nitrogens with one attached hydrogen (secondary N) is 2. The summed E-state index contributed by atoms with van der Waals surface area (Å²) in [6.45, 7) is 12.2. The molecule has 6 nitrogen and oxygen atoms in total. The summed E-state index contributed by atoms with van der Waals surface area (Å²) in [4.78, 5) is 6.70. The Morgan fingerprint density at radius 2 is 1.79 bits per heavy atom. The van der Waals surface area contributed by atoms with E-state index in [0.717, 1.165) is 64.9 Å². The summed E-state index contributed by atoms with van der Waals surface area (Å²) in [5.74, 6) is 1.49. The van der Waals surface area contributed by atoms with Crippen molar-refractivity contribution in [1.29, 1.82) is 0 Å². The molecule has 0 unspecified atom stereocenters. The Labute approximate surface area is 187 Å². The first-order valence-corrected chi connectivity index (χ1v) is 10.1. The maximum Gasteiger partial charge on any atom is 0.191 e. The molecule has 160 valence electrons. The van der Waals surface area contributed by atoms with Crippen LogP contribution in [0.4, 0.5) is 0 Å². The third kappa shape index (κ3) is 10.6. The highest BCUT2D eigenvalue weighted by Gasteiger charge is 2.10. The van der Waals surface area contributed by atoms with Gasteiger partial charge in [0.05, 0.1) is 19.8 Å². The van der Waals surface area contributed by atoms with Crippen molar-refractivity contribution in [2.75, 3.05) is 53.1 Å². The number of benzene rings is 1. The van der Waals surface area contributed by atoms with E-state index in [2.05, 4.69) is 58.6 Å². The fourth-order valence-electron chi connectivity index (χ4n) is 2.85. The third-order valence-corrected chi connectivity index (χ3v) is 4.59. The number of aliphatic imine (C=N–C) groups is 1. The topological polar surface area (TPSA) is 58.1 Å². The van der Waals surface area contributed by atoms with E-state index in [1.54, 1.807) is 7.05 Å². The van der Waals surface area contributed by atoms with Crippen molar-refractivity contribution in [2.24, 2.45) is 10.9 Å². The summed E-state index contributed by atoms with van der Waals surface area (Å²) >= 11 is 0. The van der Waals surface area contributed by atoms with Crippen LogP contribution in [0.2, 0.25) is 0 Å². The lowest BCUT2D eigenvalue weighted by atomic mass is 10.1. The van der Waals surface area contributed by atoms with Gasteiger partial charge in [-0.3, -0.25) is 9.89 Å². The highest BCUT2D eigenvalue weighted by Crippen LogP contribution is 2.09. The molecule has 1 saturated heterocycles. The van der Waals surface area contributed by atoms with Crippen molar-refractivity contribution in [2.45, 2.75) is 33.4 Å². The molecule has 0 aromatic heterocycles. The van der Waals surface area contributed by atoms with Gasteiger partial charge < -0.3 is 20.1 Å². The quantitative estimate of drug-likeness (QED) is 0.222. The second-order valence-electron chi connectivity index (χ2n) is 7.35. The van der Waals surface area contributed by atoms with Crippen LogP contribution in [0.3, 0.4) is 0 Å². The molecule has 0 saturated carbocycles. The molecule has 7 heteroatoms. The van der Waals surface area contributed by atoms with E-state index in [0.29, 0.717) is 12.5 Å². The third-order valence-electron chi connectivity index (χ3n) is 4.59. The number of guanidine groups is 1. The molecule has 0 aliphatic carbocycles. The molecule has 0 amide bonds. The van der Waals surface area contributed by atoms with E-state index in [1.807, 2.05) is 0 Å². The van der Waals surface area contributed by atoms with Crippen molar-refractivity contribution in [1.82, 2.24) is 15.5 Å². The van der Waals surface area contributed by atoms with Crippen LogP contribution in [0.25, 0.3) is 0 Å². The summed E-state index contributed by atoms with van der Waals surface area (Å²) in [6, 6.07) is 8.80. The molecule has 0 atom stereocenters. The minimum atomic E-state index is 0. The van der Waals surface area contributed by atoms with Crippen LogP contribution in [0, 0.1) is 5.92 Å². The van der Waals surface area contributed by atoms with Gasteiger partial charge in [-0.1, -0.05) is 38.1 Å². The molecule has 0 bridgehead atoms. The zero-order valence-corrected chi connectivity index (χ0v) is 19.9. The number of hydrogen-bond donors (Lipinski definition) is 2. The molecule has 1 aliphatic rings. The summed E-state index contributed by atoms with van der Waals surface area (Å²) in [5, 5.41) is 6.64. The minimum absolute atomic E-state index is 0. The van der Waals surface area contributed by atoms with Gasteiger partial charge in [-0.05, 0) is 23.5 Å². The Bertz CT molecular complexity index is 546. The lowest BCUT2D eigenvalue weighted by Gasteiger charge is -2.26. The average Bonchev–Trinajstić information content (AvgIpc) is 2.68. The standard InChI is InChI=1S/C21H36N4O2.HI/c1-18(2)8-12-26-13-9-23-21(22-3)24-16-19-4-6-20(7-5-19)17-25-10-14-27-15-11-25;/h4-7,18H,8-17H2,1-3H3,(H2,22,23,24);1H. The summed E-state index contributed by atoms with van der Waals surface area (Å²) in [6.07, 6.45) is 1.11. The molecule has 1 aromatic carbocycles. The number of ether oxygens (including phenoxy) is 2. The number of nitrogens with zero attached hydrogens (tertiary/aromatic N) is 2. The van der Waals surface area contributed by atoms with E-state index in [1.165, 1.54) is 11.1 Å². The molecule has 1 aromatic rings. The van der Waals surface area contributed by atoms with Crippen LogP contribution in [0.15, 0.2) is 29.3 Å². The maximum absolute atomic E-state index is 5.62. The average molecular weight is 504 g/mol. The smallest absolute Gasteiger partial charge is 0.191 e. The first kappa shape index (κ1) is 25.1. The predicted molar refractivity (Wildman–Crippen MR) is 126 cm³/mol.